The van der Waals surface area contributed by atoms with Crippen LogP contribution in [0.4, 0.5) is 0 Å². The number of carbonyl (C=O) groups excluding carboxylic acids is 3. The second-order valence-electron chi connectivity index (χ2n) is 21.8. The van der Waals surface area contributed by atoms with Gasteiger partial charge in [0, 0.05) is 19.3 Å². The third-order valence-electron chi connectivity index (χ3n) is 14.0. The maximum Gasteiger partial charge on any atom is 0.306 e. The van der Waals surface area contributed by atoms with Gasteiger partial charge in [0.05, 0.1) is 0 Å². The fourth-order valence-corrected chi connectivity index (χ4v) is 9.14. The zero-order valence-corrected chi connectivity index (χ0v) is 45.5. The third-order valence-corrected chi connectivity index (χ3v) is 14.0. The van der Waals surface area contributed by atoms with Crippen molar-refractivity contribution in [3.63, 3.8) is 0 Å². The second-order valence-corrected chi connectivity index (χ2v) is 21.8. The number of rotatable bonds is 53. The van der Waals surface area contributed by atoms with Crippen molar-refractivity contribution in [2.75, 3.05) is 13.2 Å². The van der Waals surface area contributed by atoms with E-state index in [2.05, 4.69) is 41.5 Å². The first kappa shape index (κ1) is 64.4. The van der Waals surface area contributed by atoms with Gasteiger partial charge in [-0.25, -0.2) is 0 Å². The van der Waals surface area contributed by atoms with E-state index in [0.717, 1.165) is 75.5 Å². The molecule has 0 saturated carbocycles. The molecule has 0 spiro atoms. The van der Waals surface area contributed by atoms with Gasteiger partial charge in [-0.1, -0.05) is 292 Å². The number of ether oxygens (including phenoxy) is 3. The van der Waals surface area contributed by atoms with Crippen molar-refractivity contribution in [2.45, 2.75) is 337 Å². The van der Waals surface area contributed by atoms with Gasteiger partial charge >= 0.3 is 17.9 Å². The van der Waals surface area contributed by atoms with Gasteiger partial charge in [-0.05, 0) is 37.0 Å². The number of esters is 3. The minimum absolute atomic E-state index is 0.0637. The summed E-state index contributed by atoms with van der Waals surface area (Å²) in [6.07, 6.45) is 53.8. The molecule has 0 amide bonds. The molecule has 0 aromatic heterocycles. The molecule has 0 rings (SSSR count). The molecule has 0 aliphatic carbocycles. The van der Waals surface area contributed by atoms with Crippen molar-refractivity contribution in [3.05, 3.63) is 0 Å². The maximum atomic E-state index is 12.9. The average molecular weight is 934 g/mol. The summed E-state index contributed by atoms with van der Waals surface area (Å²) in [6.45, 7) is 13.8. The van der Waals surface area contributed by atoms with E-state index in [1.165, 1.54) is 212 Å². The highest BCUT2D eigenvalue weighted by Gasteiger charge is 2.19. The first-order chi connectivity index (χ1) is 32.1. The van der Waals surface area contributed by atoms with Crippen LogP contribution in [-0.4, -0.2) is 37.2 Å². The molecule has 6 heteroatoms. The monoisotopic (exact) mass is 933 g/mol. The molecule has 0 bridgehead atoms. The molecule has 0 aliphatic rings. The van der Waals surface area contributed by atoms with Gasteiger partial charge < -0.3 is 14.2 Å². The average Bonchev–Trinajstić information content (AvgIpc) is 3.29. The largest absolute Gasteiger partial charge is 0.462 e. The van der Waals surface area contributed by atoms with Crippen LogP contribution in [-0.2, 0) is 28.6 Å². The highest BCUT2D eigenvalue weighted by Crippen LogP contribution is 2.19. The lowest BCUT2D eigenvalue weighted by atomic mass is 9.99. The summed E-state index contributed by atoms with van der Waals surface area (Å²) in [7, 11) is 0. The van der Waals surface area contributed by atoms with Crippen LogP contribution >= 0.6 is 0 Å². The van der Waals surface area contributed by atoms with Crippen LogP contribution in [0.25, 0.3) is 0 Å². The number of carbonyl (C=O) groups is 3. The predicted molar refractivity (Wildman–Crippen MR) is 284 cm³/mol. The highest BCUT2D eigenvalue weighted by atomic mass is 16.6. The van der Waals surface area contributed by atoms with E-state index >= 15 is 0 Å². The number of unbranched alkanes of at least 4 members (excludes halogenated alkanes) is 35. The highest BCUT2D eigenvalue weighted by molar-refractivity contribution is 5.71. The summed E-state index contributed by atoms with van der Waals surface area (Å²) >= 11 is 0. The van der Waals surface area contributed by atoms with Crippen molar-refractivity contribution >= 4 is 17.9 Å². The fraction of sp³-hybridized carbons (Fsp3) is 0.950. The quantitative estimate of drug-likeness (QED) is 0.0343. The lowest BCUT2D eigenvalue weighted by Crippen LogP contribution is -2.30. The molecule has 392 valence electrons. The minimum Gasteiger partial charge on any atom is -0.462 e. The van der Waals surface area contributed by atoms with Crippen LogP contribution in [0.15, 0.2) is 0 Å². The molecule has 0 aliphatic heterocycles. The Morgan fingerprint density at radius 2 is 0.530 bits per heavy atom. The molecule has 0 aromatic carbocycles. The molecule has 0 radical (unpaired) electrons. The summed E-state index contributed by atoms with van der Waals surface area (Å²) in [5.41, 5.74) is 0. The zero-order valence-electron chi connectivity index (χ0n) is 45.5. The van der Waals surface area contributed by atoms with E-state index < -0.39 is 6.10 Å². The predicted octanol–water partition coefficient (Wildman–Crippen LogP) is 19.5. The lowest BCUT2D eigenvalue weighted by Gasteiger charge is -2.18. The first-order valence-electron chi connectivity index (χ1n) is 29.6. The van der Waals surface area contributed by atoms with Gasteiger partial charge in [0.25, 0.3) is 0 Å². The Labute approximate surface area is 412 Å². The van der Waals surface area contributed by atoms with Crippen molar-refractivity contribution in [1.29, 1.82) is 0 Å². The van der Waals surface area contributed by atoms with E-state index in [9.17, 15) is 14.4 Å². The van der Waals surface area contributed by atoms with E-state index in [-0.39, 0.29) is 31.1 Å². The molecule has 0 fully saturated rings. The molecule has 0 heterocycles. The zero-order chi connectivity index (χ0) is 48.4. The van der Waals surface area contributed by atoms with Crippen molar-refractivity contribution < 1.29 is 28.6 Å². The van der Waals surface area contributed by atoms with E-state index in [4.69, 9.17) is 14.2 Å². The van der Waals surface area contributed by atoms with Crippen molar-refractivity contribution in [2.24, 2.45) is 17.8 Å². The Kier molecular flexibility index (Phi) is 50.0. The summed E-state index contributed by atoms with van der Waals surface area (Å²) in [6, 6.07) is 0. The first-order valence-corrected chi connectivity index (χ1v) is 29.6. The summed E-state index contributed by atoms with van der Waals surface area (Å²) in [4.78, 5) is 38.1. The van der Waals surface area contributed by atoms with Crippen LogP contribution < -0.4 is 0 Å². The molecule has 6 nitrogen and oxygen atoms in total. The van der Waals surface area contributed by atoms with Crippen molar-refractivity contribution in [3.8, 4) is 0 Å². The topological polar surface area (TPSA) is 78.9 Å². The SMILES string of the molecule is CCC(C)CCCCCCCCCCCCCCCCC(=O)OC[C@@H](COC(=O)CCCCCCCCCCC(C)C)OC(=O)CCCCCCCCCCCCCCCCCCC(C)C. The molecule has 0 saturated heterocycles. The third kappa shape index (κ3) is 51.8. The van der Waals surface area contributed by atoms with Gasteiger partial charge in [0.1, 0.15) is 13.2 Å². The standard InChI is InChI=1S/C60H116O6/c1-7-56(6)48-42-36-30-23-19-15-12-13-16-20-24-31-37-43-49-58(61)64-52-57(53-65-59(62)50-44-38-32-27-26-29-35-41-47-55(4)5)66-60(63)51-45-39-33-25-21-17-11-9-8-10-14-18-22-28-34-40-46-54(2)3/h54-57H,7-53H2,1-6H3/t56?,57-/m0/s1. The van der Waals surface area contributed by atoms with Crippen molar-refractivity contribution in [1.82, 2.24) is 0 Å². The molecule has 66 heavy (non-hydrogen) atoms. The van der Waals surface area contributed by atoms with Gasteiger partial charge in [-0.3, -0.25) is 14.4 Å². The smallest absolute Gasteiger partial charge is 0.306 e. The Morgan fingerprint density at radius 3 is 0.788 bits per heavy atom. The molecule has 1 unspecified atom stereocenters. The van der Waals surface area contributed by atoms with E-state index in [1.54, 1.807) is 0 Å². The maximum absolute atomic E-state index is 12.9. The van der Waals surface area contributed by atoms with Crippen LogP contribution in [0.2, 0.25) is 0 Å². The Hall–Kier alpha value is -1.59. The molecule has 0 aromatic rings. The second kappa shape index (κ2) is 51.3. The number of hydrogen-bond donors (Lipinski definition) is 0. The van der Waals surface area contributed by atoms with Gasteiger partial charge in [-0.2, -0.15) is 0 Å². The van der Waals surface area contributed by atoms with Gasteiger partial charge in [-0.15, -0.1) is 0 Å². The summed E-state index contributed by atoms with van der Waals surface area (Å²) in [5, 5.41) is 0. The Morgan fingerprint density at radius 1 is 0.303 bits per heavy atom. The molecular formula is C60H116O6. The van der Waals surface area contributed by atoms with Crippen LogP contribution in [0.5, 0.6) is 0 Å². The molecular weight excluding hydrogens is 817 g/mol. The van der Waals surface area contributed by atoms with Crippen LogP contribution in [0.3, 0.4) is 0 Å². The number of hydrogen-bond acceptors (Lipinski definition) is 6. The summed E-state index contributed by atoms with van der Waals surface area (Å²) < 4.78 is 16.9. The fourth-order valence-electron chi connectivity index (χ4n) is 9.14. The van der Waals surface area contributed by atoms with Crippen LogP contribution in [0, 0.1) is 17.8 Å². The van der Waals surface area contributed by atoms with E-state index in [0.29, 0.717) is 19.3 Å². The molecule has 0 N–H and O–H groups in total. The minimum atomic E-state index is -0.764. The normalized spacial score (nSPS) is 12.5. The summed E-state index contributed by atoms with van der Waals surface area (Å²) in [5.74, 6) is 1.70. The molecule has 2 atom stereocenters. The van der Waals surface area contributed by atoms with Gasteiger partial charge in [0.15, 0.2) is 6.10 Å². The van der Waals surface area contributed by atoms with Gasteiger partial charge in [0.2, 0.25) is 0 Å². The van der Waals surface area contributed by atoms with E-state index in [1.807, 2.05) is 0 Å². The lowest BCUT2D eigenvalue weighted by molar-refractivity contribution is -0.167. The Bertz CT molecular complexity index is 1020. The van der Waals surface area contributed by atoms with Crippen LogP contribution in [0.1, 0.15) is 330 Å². The Balaban J connectivity index is 4.26.